The lowest BCUT2D eigenvalue weighted by Gasteiger charge is -2.11. The first-order valence-electron chi connectivity index (χ1n) is 5.52. The lowest BCUT2D eigenvalue weighted by atomic mass is 10.0. The van der Waals surface area contributed by atoms with E-state index in [2.05, 4.69) is 21.2 Å². The summed E-state index contributed by atoms with van der Waals surface area (Å²) >= 11 is 15.1. The smallest absolute Gasteiger partial charge is 0.235 e. The van der Waals surface area contributed by atoms with Gasteiger partial charge >= 0.3 is 0 Å². The van der Waals surface area contributed by atoms with Gasteiger partial charge < -0.3 is 5.32 Å². The zero-order chi connectivity index (χ0) is 13.8. The first-order chi connectivity index (χ1) is 9.11. The first kappa shape index (κ1) is 14.4. The molecule has 1 N–H and O–H groups in total. The van der Waals surface area contributed by atoms with E-state index in [0.717, 1.165) is 16.8 Å². The summed E-state index contributed by atoms with van der Waals surface area (Å²) in [7, 11) is 0. The van der Waals surface area contributed by atoms with Gasteiger partial charge in [-0.1, -0.05) is 63.4 Å². The molecule has 0 fully saturated rings. The summed E-state index contributed by atoms with van der Waals surface area (Å²) in [6.07, 6.45) is 0. The van der Waals surface area contributed by atoms with Crippen LogP contribution < -0.4 is 5.32 Å². The highest BCUT2D eigenvalue weighted by molar-refractivity contribution is 9.09. The van der Waals surface area contributed by atoms with Crippen LogP contribution >= 0.6 is 39.1 Å². The molecular weight excluding hydrogens is 349 g/mol. The van der Waals surface area contributed by atoms with Crippen molar-refractivity contribution in [3.8, 4) is 11.1 Å². The molecule has 2 rings (SSSR count). The van der Waals surface area contributed by atoms with Gasteiger partial charge in [-0.2, -0.15) is 0 Å². The Hall–Kier alpha value is -1.03. The number of alkyl halides is 1. The van der Waals surface area contributed by atoms with Crippen LogP contribution in [0.15, 0.2) is 42.5 Å². The Labute approximate surface area is 129 Å². The van der Waals surface area contributed by atoms with Crippen LogP contribution in [0, 0.1) is 0 Å². The summed E-state index contributed by atoms with van der Waals surface area (Å²) in [5, 5.41) is 4.08. The van der Waals surface area contributed by atoms with Gasteiger partial charge in [-0.25, -0.2) is 0 Å². The number of benzene rings is 2. The Kier molecular flexibility index (Phi) is 4.86. The number of nitrogens with one attached hydrogen (secondary N) is 1. The number of halogens is 3. The van der Waals surface area contributed by atoms with Gasteiger partial charge in [0.2, 0.25) is 5.91 Å². The summed E-state index contributed by atoms with van der Waals surface area (Å²) in [5.41, 5.74) is 2.54. The number of anilines is 1. The minimum atomic E-state index is -0.104. The molecular formula is C14H10BrCl2NO. The van der Waals surface area contributed by atoms with Crippen LogP contribution in [0.4, 0.5) is 5.69 Å². The summed E-state index contributed by atoms with van der Waals surface area (Å²) in [4.78, 5) is 11.5. The van der Waals surface area contributed by atoms with Crippen molar-refractivity contribution in [1.82, 2.24) is 0 Å². The van der Waals surface area contributed by atoms with E-state index in [-0.39, 0.29) is 11.2 Å². The number of para-hydroxylation sites is 1. The largest absolute Gasteiger partial charge is 0.325 e. The van der Waals surface area contributed by atoms with E-state index in [0.29, 0.717) is 10.0 Å². The number of hydrogen-bond donors (Lipinski definition) is 1. The molecule has 2 nitrogen and oxygen atoms in total. The number of rotatable bonds is 3. The summed E-state index contributed by atoms with van der Waals surface area (Å²) in [5.74, 6) is -0.104. The van der Waals surface area contributed by atoms with E-state index in [9.17, 15) is 4.79 Å². The number of hydrogen-bond acceptors (Lipinski definition) is 1. The second kappa shape index (κ2) is 6.42. The highest BCUT2D eigenvalue weighted by Gasteiger charge is 2.08. The Bertz CT molecular complexity index is 616. The summed E-state index contributed by atoms with van der Waals surface area (Å²) in [6, 6.07) is 12.9. The zero-order valence-corrected chi connectivity index (χ0v) is 12.9. The highest BCUT2D eigenvalue weighted by atomic mass is 79.9. The molecule has 0 aliphatic heterocycles. The van der Waals surface area contributed by atoms with E-state index in [1.54, 1.807) is 12.1 Å². The molecule has 2 aromatic carbocycles. The van der Waals surface area contributed by atoms with Crippen LogP contribution in [-0.2, 0) is 4.79 Å². The van der Waals surface area contributed by atoms with Gasteiger partial charge in [0.05, 0.1) is 15.4 Å². The molecule has 0 aromatic heterocycles. The monoisotopic (exact) mass is 357 g/mol. The molecule has 0 spiro atoms. The third-order valence-electron chi connectivity index (χ3n) is 2.55. The van der Waals surface area contributed by atoms with Crippen molar-refractivity contribution in [3.05, 3.63) is 52.5 Å². The third kappa shape index (κ3) is 3.50. The molecule has 0 saturated heterocycles. The molecule has 2 aromatic rings. The van der Waals surface area contributed by atoms with Crippen molar-refractivity contribution < 1.29 is 4.79 Å². The fraction of sp³-hybridized carbons (Fsp3) is 0.0714. The van der Waals surface area contributed by atoms with Gasteiger partial charge in [0.25, 0.3) is 0 Å². The zero-order valence-electron chi connectivity index (χ0n) is 9.79. The lowest BCUT2D eigenvalue weighted by Crippen LogP contribution is -2.12. The summed E-state index contributed by atoms with van der Waals surface area (Å²) < 4.78 is 0. The fourth-order valence-electron chi connectivity index (χ4n) is 1.69. The number of carbonyl (C=O) groups excluding carboxylic acids is 1. The lowest BCUT2D eigenvalue weighted by molar-refractivity contribution is -0.113. The quantitative estimate of drug-likeness (QED) is 0.769. The molecule has 19 heavy (non-hydrogen) atoms. The normalized spacial score (nSPS) is 10.3. The number of carbonyl (C=O) groups is 1. The maximum absolute atomic E-state index is 11.5. The molecule has 98 valence electrons. The Balaban J connectivity index is 2.43. The van der Waals surface area contributed by atoms with E-state index in [1.807, 2.05) is 30.3 Å². The van der Waals surface area contributed by atoms with Crippen LogP contribution in [0.5, 0.6) is 0 Å². The molecule has 1 amide bonds. The predicted octanol–water partition coefficient (Wildman–Crippen LogP) is 4.99. The van der Waals surface area contributed by atoms with Crippen molar-refractivity contribution >= 4 is 50.7 Å². The highest BCUT2D eigenvalue weighted by Crippen LogP contribution is 2.32. The molecule has 0 heterocycles. The van der Waals surface area contributed by atoms with Crippen LogP contribution in [0.3, 0.4) is 0 Å². The number of amides is 1. The van der Waals surface area contributed by atoms with E-state index < -0.39 is 0 Å². The van der Waals surface area contributed by atoms with Crippen molar-refractivity contribution in [1.29, 1.82) is 0 Å². The molecule has 0 saturated carbocycles. The van der Waals surface area contributed by atoms with E-state index >= 15 is 0 Å². The minimum absolute atomic E-state index is 0.104. The molecule has 0 aliphatic rings. The average molecular weight is 359 g/mol. The second-order valence-corrected chi connectivity index (χ2v) is 5.23. The van der Waals surface area contributed by atoms with Crippen LogP contribution in [-0.4, -0.2) is 11.2 Å². The molecule has 0 aliphatic carbocycles. The maximum Gasteiger partial charge on any atom is 0.235 e. The first-order valence-corrected chi connectivity index (χ1v) is 7.40. The van der Waals surface area contributed by atoms with Crippen LogP contribution in [0.1, 0.15) is 0 Å². The SMILES string of the molecule is O=C(CBr)Nc1ccccc1-c1ccc(Cl)c(Cl)c1. The van der Waals surface area contributed by atoms with Crippen molar-refractivity contribution in [3.63, 3.8) is 0 Å². The average Bonchev–Trinajstić information content (AvgIpc) is 2.42. The van der Waals surface area contributed by atoms with Crippen LogP contribution in [0.25, 0.3) is 11.1 Å². The standard InChI is InChI=1S/C14H10BrCl2NO/c15-8-14(19)18-13-4-2-1-3-10(13)9-5-6-11(16)12(17)7-9/h1-7H,8H2,(H,18,19). The van der Waals surface area contributed by atoms with Crippen molar-refractivity contribution in [2.24, 2.45) is 0 Å². The Morgan fingerprint density at radius 2 is 1.84 bits per heavy atom. The van der Waals surface area contributed by atoms with Gasteiger partial charge in [-0.05, 0) is 23.8 Å². The van der Waals surface area contributed by atoms with Gasteiger partial charge in [-0.3, -0.25) is 4.79 Å². The van der Waals surface area contributed by atoms with Gasteiger partial charge in [0, 0.05) is 11.3 Å². The van der Waals surface area contributed by atoms with E-state index in [4.69, 9.17) is 23.2 Å². The molecule has 0 bridgehead atoms. The van der Waals surface area contributed by atoms with Crippen molar-refractivity contribution in [2.45, 2.75) is 0 Å². The fourth-order valence-corrected chi connectivity index (χ4v) is 2.13. The second-order valence-electron chi connectivity index (χ2n) is 3.86. The topological polar surface area (TPSA) is 29.1 Å². The molecule has 0 unspecified atom stereocenters. The molecule has 0 atom stereocenters. The maximum atomic E-state index is 11.5. The molecule has 0 radical (unpaired) electrons. The molecule has 5 heteroatoms. The van der Waals surface area contributed by atoms with Gasteiger partial charge in [0.1, 0.15) is 0 Å². The Morgan fingerprint density at radius 3 is 2.53 bits per heavy atom. The van der Waals surface area contributed by atoms with Gasteiger partial charge in [-0.15, -0.1) is 0 Å². The van der Waals surface area contributed by atoms with Crippen LogP contribution in [0.2, 0.25) is 10.0 Å². The van der Waals surface area contributed by atoms with Gasteiger partial charge in [0.15, 0.2) is 0 Å². The summed E-state index contributed by atoms with van der Waals surface area (Å²) in [6.45, 7) is 0. The minimum Gasteiger partial charge on any atom is -0.325 e. The third-order valence-corrected chi connectivity index (χ3v) is 3.80. The predicted molar refractivity (Wildman–Crippen MR) is 84.3 cm³/mol. The van der Waals surface area contributed by atoms with Crippen molar-refractivity contribution in [2.75, 3.05) is 10.6 Å². The van der Waals surface area contributed by atoms with E-state index in [1.165, 1.54) is 0 Å². The Morgan fingerprint density at radius 1 is 1.11 bits per heavy atom.